The van der Waals surface area contributed by atoms with E-state index >= 15 is 0 Å². The Bertz CT molecular complexity index is 81.6. The van der Waals surface area contributed by atoms with Crippen molar-refractivity contribution in [2.75, 3.05) is 25.5 Å². The van der Waals surface area contributed by atoms with E-state index in [9.17, 15) is 0 Å². The van der Waals surface area contributed by atoms with E-state index in [1.807, 2.05) is 0 Å². The molecule has 0 radical (unpaired) electrons. The van der Waals surface area contributed by atoms with Crippen LogP contribution in [0.25, 0.3) is 0 Å². The molecule has 0 saturated heterocycles. The minimum atomic E-state index is 0.888. The van der Waals surface area contributed by atoms with Gasteiger partial charge >= 0.3 is 0 Å². The number of halogens is 1. The van der Waals surface area contributed by atoms with Crippen molar-refractivity contribution in [3.05, 3.63) is 0 Å². The van der Waals surface area contributed by atoms with Gasteiger partial charge in [-0.2, -0.15) is 0 Å². The summed E-state index contributed by atoms with van der Waals surface area (Å²) in [5, 5.41) is 1.09. The largest absolute Gasteiger partial charge is 0.305 e. The van der Waals surface area contributed by atoms with Gasteiger partial charge in [-0.3, -0.25) is 0 Å². The van der Waals surface area contributed by atoms with Crippen molar-refractivity contribution in [1.29, 1.82) is 0 Å². The average molecular weight is 222 g/mol. The highest BCUT2D eigenvalue weighted by Gasteiger charge is 2.05. The second-order valence-corrected chi connectivity index (χ2v) is 3.93. The van der Waals surface area contributed by atoms with Crippen molar-refractivity contribution in [2.45, 2.75) is 26.7 Å². The summed E-state index contributed by atoms with van der Waals surface area (Å²) in [4.78, 5) is 2.40. The van der Waals surface area contributed by atoms with Gasteiger partial charge in [-0.05, 0) is 13.0 Å². The van der Waals surface area contributed by atoms with Crippen LogP contribution in [0.4, 0.5) is 0 Å². The van der Waals surface area contributed by atoms with Gasteiger partial charge in [-0.25, -0.2) is 0 Å². The second kappa shape index (κ2) is 7.11. The maximum atomic E-state index is 3.44. The Balaban J connectivity index is 3.44. The van der Waals surface area contributed by atoms with Gasteiger partial charge in [-0.15, -0.1) is 0 Å². The molecule has 0 N–H and O–H groups in total. The topological polar surface area (TPSA) is 3.24 Å². The molecule has 0 aromatic rings. The fourth-order valence-corrected chi connectivity index (χ4v) is 1.83. The highest BCUT2D eigenvalue weighted by atomic mass is 79.9. The number of hydrogen-bond acceptors (Lipinski definition) is 1. The van der Waals surface area contributed by atoms with Crippen LogP contribution in [0.2, 0.25) is 0 Å². The molecule has 1 nitrogen and oxygen atoms in total. The van der Waals surface area contributed by atoms with Gasteiger partial charge in [0.1, 0.15) is 0 Å². The molecule has 0 aliphatic heterocycles. The summed E-state index contributed by atoms with van der Waals surface area (Å²) >= 11 is 3.44. The molecule has 68 valence electrons. The van der Waals surface area contributed by atoms with Crippen molar-refractivity contribution in [3.63, 3.8) is 0 Å². The van der Waals surface area contributed by atoms with Crippen LogP contribution >= 0.6 is 15.9 Å². The maximum absolute atomic E-state index is 3.44. The minimum Gasteiger partial charge on any atom is -0.305 e. The Labute approximate surface area is 79.3 Å². The van der Waals surface area contributed by atoms with Crippen molar-refractivity contribution in [1.82, 2.24) is 4.90 Å². The lowest BCUT2D eigenvalue weighted by atomic mass is 10.0. The zero-order chi connectivity index (χ0) is 8.69. The Morgan fingerprint density at radius 3 is 2.18 bits per heavy atom. The highest BCUT2D eigenvalue weighted by Crippen LogP contribution is 2.08. The number of hydrogen-bond donors (Lipinski definition) is 0. The van der Waals surface area contributed by atoms with E-state index in [-0.39, 0.29) is 0 Å². The molecule has 0 aliphatic carbocycles. The summed E-state index contributed by atoms with van der Waals surface area (Å²) in [6.45, 7) is 6.96. The summed E-state index contributed by atoms with van der Waals surface area (Å²) < 4.78 is 0. The normalized spacial score (nSPS) is 11.5. The molecular weight excluding hydrogens is 202 g/mol. The van der Waals surface area contributed by atoms with E-state index in [1.54, 1.807) is 0 Å². The fraction of sp³-hybridized carbons (Fsp3) is 1.00. The minimum absolute atomic E-state index is 0.888. The zero-order valence-electron chi connectivity index (χ0n) is 7.94. The first-order valence-corrected chi connectivity index (χ1v) is 5.61. The quantitative estimate of drug-likeness (QED) is 0.624. The smallest absolute Gasteiger partial charge is 0.0159 e. The molecule has 0 aromatic carbocycles. The monoisotopic (exact) mass is 221 g/mol. The maximum Gasteiger partial charge on any atom is 0.0159 e. The van der Waals surface area contributed by atoms with Crippen LogP contribution in [-0.2, 0) is 0 Å². The van der Waals surface area contributed by atoms with Crippen molar-refractivity contribution in [3.8, 4) is 0 Å². The van der Waals surface area contributed by atoms with Crippen molar-refractivity contribution >= 4 is 15.9 Å². The Morgan fingerprint density at radius 1 is 1.27 bits per heavy atom. The Hall–Kier alpha value is 0.440. The second-order valence-electron chi connectivity index (χ2n) is 3.13. The van der Waals surface area contributed by atoms with Crippen LogP contribution in [0.5, 0.6) is 0 Å². The molecule has 0 heterocycles. The van der Waals surface area contributed by atoms with Crippen LogP contribution in [0.15, 0.2) is 0 Å². The first-order chi connectivity index (χ1) is 5.24. The lowest BCUT2D eigenvalue weighted by molar-refractivity contribution is 0.281. The van der Waals surface area contributed by atoms with E-state index in [2.05, 4.69) is 41.7 Å². The first kappa shape index (κ1) is 11.4. The van der Waals surface area contributed by atoms with E-state index in [0.29, 0.717) is 0 Å². The molecule has 0 aliphatic rings. The van der Waals surface area contributed by atoms with Crippen LogP contribution in [-0.4, -0.2) is 30.4 Å². The van der Waals surface area contributed by atoms with E-state index in [4.69, 9.17) is 0 Å². The summed E-state index contributed by atoms with van der Waals surface area (Å²) in [7, 11) is 2.19. The number of rotatable bonds is 6. The summed E-state index contributed by atoms with van der Waals surface area (Å²) in [5.74, 6) is 0.888. The van der Waals surface area contributed by atoms with Gasteiger partial charge in [0.2, 0.25) is 0 Å². The van der Waals surface area contributed by atoms with Gasteiger partial charge < -0.3 is 4.90 Å². The molecule has 2 heteroatoms. The number of alkyl halides is 1. The molecular formula is C9H20BrN. The predicted molar refractivity (Wildman–Crippen MR) is 55.4 cm³/mol. The molecule has 0 spiro atoms. The summed E-state index contributed by atoms with van der Waals surface area (Å²) in [6, 6.07) is 0. The summed E-state index contributed by atoms with van der Waals surface area (Å²) in [5.41, 5.74) is 0. The molecule has 0 saturated carbocycles. The van der Waals surface area contributed by atoms with E-state index < -0.39 is 0 Å². The van der Waals surface area contributed by atoms with Gasteiger partial charge in [0.05, 0.1) is 0 Å². The molecule has 0 aromatic heterocycles. The Kier molecular flexibility index (Phi) is 7.39. The fourth-order valence-electron chi connectivity index (χ4n) is 1.22. The van der Waals surface area contributed by atoms with Gasteiger partial charge in [-0.1, -0.05) is 42.6 Å². The van der Waals surface area contributed by atoms with E-state index in [0.717, 1.165) is 17.8 Å². The van der Waals surface area contributed by atoms with E-state index in [1.165, 1.54) is 19.4 Å². The van der Waals surface area contributed by atoms with Gasteiger partial charge in [0.25, 0.3) is 0 Å². The molecule has 0 bridgehead atoms. The predicted octanol–water partition coefficient (Wildman–Crippen LogP) is 2.75. The van der Waals surface area contributed by atoms with Crippen LogP contribution in [0.3, 0.4) is 0 Å². The standard InChI is InChI=1S/C9H20BrN/c1-4-9(5-2)8-11(3)7-6-10/h9H,4-8H2,1-3H3. The van der Waals surface area contributed by atoms with Crippen LogP contribution in [0.1, 0.15) is 26.7 Å². The molecule has 0 atom stereocenters. The van der Waals surface area contributed by atoms with Crippen LogP contribution in [0, 0.1) is 5.92 Å². The Morgan fingerprint density at radius 2 is 1.82 bits per heavy atom. The third kappa shape index (κ3) is 5.68. The lowest BCUT2D eigenvalue weighted by Crippen LogP contribution is -2.26. The zero-order valence-corrected chi connectivity index (χ0v) is 9.52. The van der Waals surface area contributed by atoms with Gasteiger partial charge in [0, 0.05) is 18.4 Å². The average Bonchev–Trinajstić information content (AvgIpc) is 2.01. The molecule has 0 unspecified atom stereocenters. The highest BCUT2D eigenvalue weighted by molar-refractivity contribution is 9.09. The SMILES string of the molecule is CCC(CC)CN(C)CCBr. The van der Waals surface area contributed by atoms with Crippen LogP contribution < -0.4 is 0 Å². The molecule has 0 amide bonds. The molecule has 11 heavy (non-hydrogen) atoms. The lowest BCUT2D eigenvalue weighted by Gasteiger charge is -2.20. The van der Waals surface area contributed by atoms with Gasteiger partial charge in [0.15, 0.2) is 0 Å². The third-order valence-corrected chi connectivity index (χ3v) is 2.55. The summed E-state index contributed by atoms with van der Waals surface area (Å²) in [6.07, 6.45) is 2.62. The molecule has 0 rings (SSSR count). The third-order valence-electron chi connectivity index (χ3n) is 2.19. The van der Waals surface area contributed by atoms with Crippen molar-refractivity contribution < 1.29 is 0 Å². The van der Waals surface area contributed by atoms with Crippen molar-refractivity contribution in [2.24, 2.45) is 5.92 Å². The number of nitrogens with zero attached hydrogens (tertiary/aromatic N) is 1. The molecule has 0 fully saturated rings. The first-order valence-electron chi connectivity index (χ1n) is 4.49.